The number of aromatic nitrogens is 1. The number of hydrogen-bond acceptors (Lipinski definition) is 3. The standard InChI is InChI=1S/C16H20N2OS/c1-11-5-7-12(8-6-11)13-10-20-15(17-13)18-14(19)9-16(2,3)4/h5-8,10H,9H2,1-4H3,(H,17,18,19). The Bertz CT molecular complexity index is 594. The summed E-state index contributed by atoms with van der Waals surface area (Å²) in [6.45, 7) is 8.20. The molecule has 0 bridgehead atoms. The second-order valence-corrected chi connectivity index (χ2v) is 7.05. The third-order valence-corrected chi connectivity index (χ3v) is 3.55. The molecule has 0 spiro atoms. The minimum absolute atomic E-state index is 0.0128. The molecular formula is C16H20N2OS. The van der Waals surface area contributed by atoms with Crippen molar-refractivity contribution < 1.29 is 4.79 Å². The van der Waals surface area contributed by atoms with Gasteiger partial charge in [-0.05, 0) is 12.3 Å². The lowest BCUT2D eigenvalue weighted by atomic mass is 9.92. The molecule has 1 amide bonds. The number of carbonyl (C=O) groups excluding carboxylic acids is 1. The molecule has 1 N–H and O–H groups in total. The summed E-state index contributed by atoms with van der Waals surface area (Å²) in [5, 5.41) is 5.50. The van der Waals surface area contributed by atoms with Gasteiger partial charge in [-0.3, -0.25) is 4.79 Å². The zero-order valence-corrected chi connectivity index (χ0v) is 13.2. The van der Waals surface area contributed by atoms with Crippen LogP contribution in [0.4, 0.5) is 5.13 Å². The van der Waals surface area contributed by atoms with E-state index in [0.717, 1.165) is 11.3 Å². The van der Waals surface area contributed by atoms with Gasteiger partial charge in [0.15, 0.2) is 5.13 Å². The minimum Gasteiger partial charge on any atom is -0.302 e. The van der Waals surface area contributed by atoms with Crippen molar-refractivity contribution in [1.82, 2.24) is 4.98 Å². The van der Waals surface area contributed by atoms with Crippen molar-refractivity contribution in [2.45, 2.75) is 34.1 Å². The van der Waals surface area contributed by atoms with E-state index in [1.807, 2.05) is 38.3 Å². The maximum atomic E-state index is 11.9. The summed E-state index contributed by atoms with van der Waals surface area (Å²) in [6.07, 6.45) is 0.493. The van der Waals surface area contributed by atoms with Crippen LogP contribution in [-0.2, 0) is 4.79 Å². The molecule has 0 aliphatic rings. The van der Waals surface area contributed by atoms with Crippen LogP contribution in [0, 0.1) is 12.3 Å². The number of thiazole rings is 1. The lowest BCUT2D eigenvalue weighted by molar-refractivity contribution is -0.117. The van der Waals surface area contributed by atoms with Gasteiger partial charge >= 0.3 is 0 Å². The average Bonchev–Trinajstić information content (AvgIpc) is 2.75. The highest BCUT2D eigenvalue weighted by atomic mass is 32.1. The molecule has 4 heteroatoms. The maximum absolute atomic E-state index is 11.9. The minimum atomic E-state index is -0.0128. The van der Waals surface area contributed by atoms with E-state index >= 15 is 0 Å². The Morgan fingerprint density at radius 2 is 1.90 bits per heavy atom. The molecule has 0 radical (unpaired) electrons. The number of aryl methyl sites for hydroxylation is 1. The second-order valence-electron chi connectivity index (χ2n) is 6.19. The van der Waals surface area contributed by atoms with Crippen molar-refractivity contribution in [2.24, 2.45) is 5.41 Å². The fourth-order valence-corrected chi connectivity index (χ4v) is 2.57. The maximum Gasteiger partial charge on any atom is 0.226 e. The van der Waals surface area contributed by atoms with Gasteiger partial charge in [-0.1, -0.05) is 50.6 Å². The van der Waals surface area contributed by atoms with E-state index in [2.05, 4.69) is 29.4 Å². The van der Waals surface area contributed by atoms with Gasteiger partial charge < -0.3 is 5.32 Å². The lowest BCUT2D eigenvalue weighted by Gasteiger charge is -2.16. The largest absolute Gasteiger partial charge is 0.302 e. The van der Waals surface area contributed by atoms with Gasteiger partial charge in [0, 0.05) is 17.4 Å². The molecule has 0 unspecified atom stereocenters. The first-order chi connectivity index (χ1) is 9.33. The molecule has 20 heavy (non-hydrogen) atoms. The number of amides is 1. The molecule has 1 heterocycles. The van der Waals surface area contributed by atoms with E-state index in [-0.39, 0.29) is 11.3 Å². The van der Waals surface area contributed by atoms with Gasteiger partial charge in [0.25, 0.3) is 0 Å². The third kappa shape index (κ3) is 4.17. The molecule has 2 rings (SSSR count). The SMILES string of the molecule is Cc1ccc(-c2csc(NC(=O)CC(C)(C)C)n2)cc1. The number of nitrogens with one attached hydrogen (secondary N) is 1. The number of carbonyl (C=O) groups is 1. The number of nitrogens with zero attached hydrogens (tertiary/aromatic N) is 1. The first-order valence-electron chi connectivity index (χ1n) is 6.66. The highest BCUT2D eigenvalue weighted by molar-refractivity contribution is 7.14. The van der Waals surface area contributed by atoms with Crippen molar-refractivity contribution in [3.8, 4) is 11.3 Å². The molecule has 1 aromatic heterocycles. The number of hydrogen-bond donors (Lipinski definition) is 1. The molecule has 2 aromatic rings. The van der Waals surface area contributed by atoms with Crippen LogP contribution in [-0.4, -0.2) is 10.9 Å². The molecule has 1 aromatic carbocycles. The zero-order chi connectivity index (χ0) is 14.8. The Labute approximate surface area is 124 Å². The molecule has 0 fully saturated rings. The van der Waals surface area contributed by atoms with Crippen molar-refractivity contribution in [3.63, 3.8) is 0 Å². The van der Waals surface area contributed by atoms with E-state index in [1.54, 1.807) is 0 Å². The molecule has 106 valence electrons. The number of anilines is 1. The van der Waals surface area contributed by atoms with Gasteiger partial charge in [-0.25, -0.2) is 4.98 Å². The summed E-state index contributed by atoms with van der Waals surface area (Å²) in [6, 6.07) is 8.22. The van der Waals surface area contributed by atoms with Crippen LogP contribution < -0.4 is 5.32 Å². The molecule has 3 nitrogen and oxygen atoms in total. The Hall–Kier alpha value is -1.68. The highest BCUT2D eigenvalue weighted by Crippen LogP contribution is 2.26. The Morgan fingerprint density at radius 3 is 2.50 bits per heavy atom. The Morgan fingerprint density at radius 1 is 1.25 bits per heavy atom. The molecule has 0 atom stereocenters. The van der Waals surface area contributed by atoms with Gasteiger partial charge in [-0.2, -0.15) is 0 Å². The fourth-order valence-electron chi connectivity index (χ4n) is 1.83. The monoisotopic (exact) mass is 288 g/mol. The smallest absolute Gasteiger partial charge is 0.226 e. The zero-order valence-electron chi connectivity index (χ0n) is 12.4. The summed E-state index contributed by atoms with van der Waals surface area (Å²) < 4.78 is 0. The molecule has 0 aliphatic carbocycles. The van der Waals surface area contributed by atoms with E-state index in [4.69, 9.17) is 0 Å². The Balaban J connectivity index is 2.06. The third-order valence-electron chi connectivity index (χ3n) is 2.79. The van der Waals surface area contributed by atoms with E-state index in [9.17, 15) is 4.79 Å². The normalized spacial score (nSPS) is 11.4. The predicted molar refractivity (Wildman–Crippen MR) is 85.0 cm³/mol. The second kappa shape index (κ2) is 5.75. The Kier molecular flexibility index (Phi) is 4.23. The van der Waals surface area contributed by atoms with E-state index < -0.39 is 0 Å². The first-order valence-corrected chi connectivity index (χ1v) is 7.54. The van der Waals surface area contributed by atoms with Crippen LogP contribution in [0.1, 0.15) is 32.8 Å². The summed E-state index contributed by atoms with van der Waals surface area (Å²) in [5.74, 6) is 0.0160. The first kappa shape index (κ1) is 14.7. The van der Waals surface area contributed by atoms with Crippen molar-refractivity contribution >= 4 is 22.4 Å². The molecule has 0 saturated carbocycles. The summed E-state index contributed by atoms with van der Waals surface area (Å²) in [7, 11) is 0. The van der Waals surface area contributed by atoms with Crippen LogP contribution in [0.5, 0.6) is 0 Å². The number of benzene rings is 1. The molecule has 0 saturated heterocycles. The van der Waals surface area contributed by atoms with Crippen molar-refractivity contribution in [2.75, 3.05) is 5.32 Å². The molecular weight excluding hydrogens is 268 g/mol. The number of rotatable bonds is 3. The molecule has 0 aliphatic heterocycles. The quantitative estimate of drug-likeness (QED) is 0.904. The van der Waals surface area contributed by atoms with Crippen molar-refractivity contribution in [1.29, 1.82) is 0 Å². The van der Waals surface area contributed by atoms with E-state index in [0.29, 0.717) is 11.6 Å². The highest BCUT2D eigenvalue weighted by Gasteiger charge is 2.17. The fraction of sp³-hybridized carbons (Fsp3) is 0.375. The average molecular weight is 288 g/mol. The predicted octanol–water partition coefficient (Wildman–Crippen LogP) is 4.49. The summed E-state index contributed by atoms with van der Waals surface area (Å²) >= 11 is 1.46. The van der Waals surface area contributed by atoms with Gasteiger partial charge in [0.2, 0.25) is 5.91 Å². The topological polar surface area (TPSA) is 42.0 Å². The van der Waals surface area contributed by atoms with Crippen LogP contribution in [0.15, 0.2) is 29.6 Å². The van der Waals surface area contributed by atoms with Crippen LogP contribution >= 0.6 is 11.3 Å². The van der Waals surface area contributed by atoms with Gasteiger partial charge in [0.1, 0.15) is 0 Å². The van der Waals surface area contributed by atoms with Crippen LogP contribution in [0.3, 0.4) is 0 Å². The van der Waals surface area contributed by atoms with Crippen LogP contribution in [0.2, 0.25) is 0 Å². The lowest BCUT2D eigenvalue weighted by Crippen LogP contribution is -2.19. The van der Waals surface area contributed by atoms with Crippen LogP contribution in [0.25, 0.3) is 11.3 Å². The summed E-state index contributed by atoms with van der Waals surface area (Å²) in [4.78, 5) is 16.3. The van der Waals surface area contributed by atoms with Gasteiger partial charge in [0.05, 0.1) is 5.69 Å². The van der Waals surface area contributed by atoms with Crippen molar-refractivity contribution in [3.05, 3.63) is 35.2 Å². The summed E-state index contributed by atoms with van der Waals surface area (Å²) in [5.41, 5.74) is 3.19. The van der Waals surface area contributed by atoms with Gasteiger partial charge in [-0.15, -0.1) is 11.3 Å². The van der Waals surface area contributed by atoms with E-state index in [1.165, 1.54) is 16.9 Å².